The molecule has 0 spiro atoms. The molecule has 1 atom stereocenters. The quantitative estimate of drug-likeness (QED) is 0.312. The molecule has 4 rings (SSSR count). The highest BCUT2D eigenvalue weighted by atomic mass is 127. The lowest BCUT2D eigenvalue weighted by molar-refractivity contribution is 0.174. The van der Waals surface area contributed by atoms with Gasteiger partial charge in [0.15, 0.2) is 17.5 Å². The summed E-state index contributed by atoms with van der Waals surface area (Å²) in [6.45, 7) is 6.89. The van der Waals surface area contributed by atoms with Crippen molar-refractivity contribution in [1.29, 1.82) is 0 Å². The molecule has 8 heteroatoms. The number of rotatable bonds is 8. The van der Waals surface area contributed by atoms with Gasteiger partial charge in [-0.15, -0.1) is 24.0 Å². The predicted octanol–water partition coefficient (Wildman–Crippen LogP) is 3.56. The summed E-state index contributed by atoms with van der Waals surface area (Å²) in [6.07, 6.45) is 5.12. The number of nitrogens with one attached hydrogen (secondary N) is 2. The first kappa shape index (κ1) is 22.7. The molecular weight excluding hydrogens is 495 g/mol. The van der Waals surface area contributed by atoms with Gasteiger partial charge in [-0.05, 0) is 69.1 Å². The van der Waals surface area contributed by atoms with Crippen molar-refractivity contribution in [2.45, 2.75) is 32.2 Å². The molecule has 1 fully saturated rings. The van der Waals surface area contributed by atoms with Crippen LogP contribution in [0.1, 0.15) is 37.1 Å². The first-order chi connectivity index (χ1) is 14.3. The van der Waals surface area contributed by atoms with E-state index in [1.165, 1.54) is 18.4 Å². The lowest BCUT2D eigenvalue weighted by Crippen LogP contribution is -2.39. The number of likely N-dealkylation sites (tertiary alicyclic amines) is 1. The van der Waals surface area contributed by atoms with Crippen LogP contribution in [0.25, 0.3) is 0 Å². The fraction of sp³-hybridized carbons (Fsp3) is 0.500. The Kier molecular flexibility index (Phi) is 8.68. The second-order valence-corrected chi connectivity index (χ2v) is 7.36. The number of ether oxygens (including phenoxy) is 2. The van der Waals surface area contributed by atoms with E-state index in [2.05, 4.69) is 34.6 Å². The van der Waals surface area contributed by atoms with Gasteiger partial charge in [0.05, 0.1) is 18.8 Å². The topological polar surface area (TPSA) is 71.3 Å². The Morgan fingerprint density at radius 3 is 2.73 bits per heavy atom. The molecule has 164 valence electrons. The highest BCUT2D eigenvalue weighted by molar-refractivity contribution is 14.0. The molecule has 0 aliphatic carbocycles. The summed E-state index contributed by atoms with van der Waals surface area (Å²) in [6, 6.07) is 10.3. The first-order valence-electron chi connectivity index (χ1n) is 10.5. The van der Waals surface area contributed by atoms with Crippen molar-refractivity contribution in [3.8, 4) is 11.5 Å². The number of halogens is 1. The Morgan fingerprint density at radius 1 is 1.13 bits per heavy atom. The van der Waals surface area contributed by atoms with Crippen LogP contribution in [0.4, 0.5) is 0 Å². The predicted molar refractivity (Wildman–Crippen MR) is 128 cm³/mol. The number of furan rings is 1. The Hall–Kier alpha value is -1.94. The Balaban J connectivity index is 0.00000256. The summed E-state index contributed by atoms with van der Waals surface area (Å²) in [7, 11) is 0. The fourth-order valence-electron chi connectivity index (χ4n) is 3.86. The molecule has 30 heavy (non-hydrogen) atoms. The third-order valence-electron chi connectivity index (χ3n) is 5.36. The first-order valence-corrected chi connectivity index (χ1v) is 10.5. The van der Waals surface area contributed by atoms with Gasteiger partial charge in [0, 0.05) is 13.1 Å². The Labute approximate surface area is 195 Å². The maximum atomic E-state index is 5.70. The van der Waals surface area contributed by atoms with Crippen LogP contribution >= 0.6 is 24.0 Å². The maximum Gasteiger partial charge on any atom is 0.231 e. The number of aliphatic imine (C=N–C) groups is 1. The summed E-state index contributed by atoms with van der Waals surface area (Å²) in [4.78, 5) is 7.32. The van der Waals surface area contributed by atoms with Crippen molar-refractivity contribution in [2.75, 3.05) is 39.5 Å². The van der Waals surface area contributed by atoms with E-state index in [0.717, 1.165) is 55.8 Å². The van der Waals surface area contributed by atoms with Gasteiger partial charge in [-0.2, -0.15) is 0 Å². The Morgan fingerprint density at radius 2 is 1.97 bits per heavy atom. The van der Waals surface area contributed by atoms with Crippen LogP contribution in [0, 0.1) is 0 Å². The van der Waals surface area contributed by atoms with E-state index in [0.29, 0.717) is 13.3 Å². The van der Waals surface area contributed by atoms with Gasteiger partial charge in [0.2, 0.25) is 6.79 Å². The molecule has 2 aliphatic heterocycles. The van der Waals surface area contributed by atoms with E-state index < -0.39 is 0 Å². The SMILES string of the molecule is CCNC(=NCC(c1ccco1)N1CCCC1)NCCc1ccc2c(c1)OCO2.I. The number of fused-ring (bicyclic) bond motifs is 1. The summed E-state index contributed by atoms with van der Waals surface area (Å²) in [5.41, 5.74) is 1.21. The van der Waals surface area contributed by atoms with E-state index in [1.807, 2.05) is 18.2 Å². The van der Waals surface area contributed by atoms with Gasteiger partial charge in [-0.3, -0.25) is 9.89 Å². The molecule has 0 radical (unpaired) electrons. The van der Waals surface area contributed by atoms with E-state index in [-0.39, 0.29) is 30.0 Å². The third kappa shape index (κ3) is 5.81. The van der Waals surface area contributed by atoms with E-state index in [1.54, 1.807) is 6.26 Å². The Bertz CT molecular complexity index is 807. The number of benzene rings is 1. The van der Waals surface area contributed by atoms with Crippen molar-refractivity contribution in [1.82, 2.24) is 15.5 Å². The van der Waals surface area contributed by atoms with Gasteiger partial charge in [-0.25, -0.2) is 0 Å². The molecule has 1 saturated heterocycles. The second-order valence-electron chi connectivity index (χ2n) is 7.36. The lowest BCUT2D eigenvalue weighted by atomic mass is 10.1. The smallest absolute Gasteiger partial charge is 0.231 e. The van der Waals surface area contributed by atoms with Crippen LogP contribution in [0.3, 0.4) is 0 Å². The number of nitrogens with zero attached hydrogens (tertiary/aromatic N) is 2. The number of hydrogen-bond donors (Lipinski definition) is 2. The van der Waals surface area contributed by atoms with E-state index >= 15 is 0 Å². The van der Waals surface area contributed by atoms with Crippen molar-refractivity contribution in [2.24, 2.45) is 4.99 Å². The van der Waals surface area contributed by atoms with Gasteiger partial charge in [0.25, 0.3) is 0 Å². The summed E-state index contributed by atoms with van der Waals surface area (Å²) in [5, 5.41) is 6.79. The molecule has 3 heterocycles. The second kappa shape index (κ2) is 11.5. The third-order valence-corrected chi connectivity index (χ3v) is 5.36. The van der Waals surface area contributed by atoms with Crippen molar-refractivity contribution in [3.63, 3.8) is 0 Å². The molecule has 1 aromatic heterocycles. The van der Waals surface area contributed by atoms with Gasteiger partial charge in [-0.1, -0.05) is 6.07 Å². The van der Waals surface area contributed by atoms with Crippen molar-refractivity contribution < 1.29 is 13.9 Å². The standard InChI is InChI=1S/C22H30N4O3.HI/c1-2-23-22(24-10-9-17-7-8-20-21(14-17)29-16-28-20)25-15-18(19-6-5-13-27-19)26-11-3-4-12-26;/h5-8,13-14,18H,2-4,9-12,15-16H2,1H3,(H2,23,24,25);1H. The minimum Gasteiger partial charge on any atom is -0.468 e. The summed E-state index contributed by atoms with van der Waals surface area (Å²) >= 11 is 0. The summed E-state index contributed by atoms with van der Waals surface area (Å²) in [5.74, 6) is 3.48. The normalized spacial score (nSPS) is 16.9. The highest BCUT2D eigenvalue weighted by Gasteiger charge is 2.25. The zero-order chi connectivity index (χ0) is 19.9. The molecule has 0 amide bonds. The molecule has 2 aliphatic rings. The average molecular weight is 526 g/mol. The zero-order valence-corrected chi connectivity index (χ0v) is 19.8. The van der Waals surface area contributed by atoms with Crippen LogP contribution < -0.4 is 20.1 Å². The summed E-state index contributed by atoms with van der Waals surface area (Å²) < 4.78 is 16.5. The molecule has 7 nitrogen and oxygen atoms in total. The molecule has 0 saturated carbocycles. The number of guanidine groups is 1. The molecule has 2 N–H and O–H groups in total. The van der Waals surface area contributed by atoms with E-state index in [9.17, 15) is 0 Å². The molecular formula is C22H31IN4O3. The average Bonchev–Trinajstić information content (AvgIpc) is 3.50. The molecule has 1 unspecified atom stereocenters. The van der Waals surface area contributed by atoms with E-state index in [4.69, 9.17) is 18.9 Å². The van der Waals surface area contributed by atoms with Gasteiger partial charge in [0.1, 0.15) is 5.76 Å². The van der Waals surface area contributed by atoms with Crippen LogP contribution in [0.5, 0.6) is 11.5 Å². The molecule has 0 bridgehead atoms. The van der Waals surface area contributed by atoms with Crippen LogP contribution in [-0.2, 0) is 6.42 Å². The van der Waals surface area contributed by atoms with Gasteiger partial charge < -0.3 is 24.5 Å². The van der Waals surface area contributed by atoms with Crippen LogP contribution in [0.15, 0.2) is 46.0 Å². The maximum absolute atomic E-state index is 5.70. The van der Waals surface area contributed by atoms with Gasteiger partial charge >= 0.3 is 0 Å². The molecule has 2 aromatic rings. The van der Waals surface area contributed by atoms with Crippen LogP contribution in [-0.4, -0.2) is 50.4 Å². The lowest BCUT2D eigenvalue weighted by Gasteiger charge is -2.24. The fourth-order valence-corrected chi connectivity index (χ4v) is 3.86. The zero-order valence-electron chi connectivity index (χ0n) is 17.4. The van der Waals surface area contributed by atoms with Crippen molar-refractivity contribution in [3.05, 3.63) is 47.9 Å². The van der Waals surface area contributed by atoms with Crippen LogP contribution in [0.2, 0.25) is 0 Å². The minimum atomic E-state index is 0. The highest BCUT2D eigenvalue weighted by Crippen LogP contribution is 2.32. The van der Waals surface area contributed by atoms with Crippen molar-refractivity contribution >= 4 is 29.9 Å². The number of hydrogen-bond acceptors (Lipinski definition) is 5. The monoisotopic (exact) mass is 526 g/mol. The molecule has 1 aromatic carbocycles. The largest absolute Gasteiger partial charge is 0.468 e. The minimum absolute atomic E-state index is 0.